The first-order chi connectivity index (χ1) is 12.7. The zero-order valence-electron chi connectivity index (χ0n) is 14.6. The Morgan fingerprint density at radius 2 is 2.12 bits per heavy atom. The molecule has 4 heterocycles. The SMILES string of the molecule is Cc1cncc([C@@H]2CCCN(C(=O)c3ccc(-n4ccnc4)nc3)C2)n1. The summed E-state index contributed by atoms with van der Waals surface area (Å²) in [5, 5.41) is 0. The van der Waals surface area contributed by atoms with Crippen molar-refractivity contribution in [1.29, 1.82) is 0 Å². The molecule has 0 radical (unpaired) electrons. The molecule has 7 heteroatoms. The molecule has 0 N–H and O–H groups in total. The Hall–Kier alpha value is -3.09. The molecule has 0 saturated carbocycles. The first-order valence-corrected chi connectivity index (χ1v) is 8.73. The molecule has 0 spiro atoms. The maximum absolute atomic E-state index is 12.9. The monoisotopic (exact) mass is 348 g/mol. The van der Waals surface area contributed by atoms with Gasteiger partial charge in [0.25, 0.3) is 5.91 Å². The molecule has 1 amide bonds. The van der Waals surface area contributed by atoms with E-state index in [-0.39, 0.29) is 11.8 Å². The molecule has 0 aromatic carbocycles. The van der Waals surface area contributed by atoms with E-state index in [0.717, 1.165) is 36.6 Å². The van der Waals surface area contributed by atoms with Gasteiger partial charge in [-0.05, 0) is 31.9 Å². The summed E-state index contributed by atoms with van der Waals surface area (Å²) in [4.78, 5) is 32.0. The largest absolute Gasteiger partial charge is 0.338 e. The number of hydrogen-bond acceptors (Lipinski definition) is 5. The van der Waals surface area contributed by atoms with E-state index in [0.29, 0.717) is 12.1 Å². The molecule has 1 fully saturated rings. The highest BCUT2D eigenvalue weighted by molar-refractivity contribution is 5.94. The third kappa shape index (κ3) is 3.33. The number of carbonyl (C=O) groups is 1. The van der Waals surface area contributed by atoms with Gasteiger partial charge in [0.05, 0.1) is 17.0 Å². The van der Waals surface area contributed by atoms with Crippen LogP contribution in [0.1, 0.15) is 40.5 Å². The molecule has 132 valence electrons. The fourth-order valence-corrected chi connectivity index (χ4v) is 3.33. The van der Waals surface area contributed by atoms with Gasteiger partial charge in [0.1, 0.15) is 12.1 Å². The second-order valence-electron chi connectivity index (χ2n) is 6.55. The van der Waals surface area contributed by atoms with Gasteiger partial charge in [0.2, 0.25) is 0 Å². The fourth-order valence-electron chi connectivity index (χ4n) is 3.33. The van der Waals surface area contributed by atoms with E-state index >= 15 is 0 Å². The van der Waals surface area contributed by atoms with Gasteiger partial charge in [-0.2, -0.15) is 0 Å². The van der Waals surface area contributed by atoms with Crippen molar-refractivity contribution in [2.45, 2.75) is 25.7 Å². The third-order valence-electron chi connectivity index (χ3n) is 4.66. The zero-order valence-corrected chi connectivity index (χ0v) is 14.6. The van der Waals surface area contributed by atoms with Gasteiger partial charge in [0.15, 0.2) is 0 Å². The van der Waals surface area contributed by atoms with Gasteiger partial charge in [-0.15, -0.1) is 0 Å². The van der Waals surface area contributed by atoms with Gasteiger partial charge in [-0.1, -0.05) is 0 Å². The Balaban J connectivity index is 1.49. The molecular weight excluding hydrogens is 328 g/mol. The summed E-state index contributed by atoms with van der Waals surface area (Å²) in [6.45, 7) is 3.37. The number of nitrogens with zero attached hydrogens (tertiary/aromatic N) is 6. The molecule has 1 saturated heterocycles. The van der Waals surface area contributed by atoms with Crippen molar-refractivity contribution in [3.63, 3.8) is 0 Å². The van der Waals surface area contributed by atoms with Gasteiger partial charge in [0, 0.05) is 50.0 Å². The number of hydrogen-bond donors (Lipinski definition) is 0. The number of rotatable bonds is 3. The van der Waals surface area contributed by atoms with Gasteiger partial charge >= 0.3 is 0 Å². The lowest BCUT2D eigenvalue weighted by Gasteiger charge is -2.32. The summed E-state index contributed by atoms with van der Waals surface area (Å²) in [7, 11) is 0. The lowest BCUT2D eigenvalue weighted by Crippen LogP contribution is -2.39. The average molecular weight is 348 g/mol. The average Bonchev–Trinajstić information content (AvgIpc) is 3.22. The maximum atomic E-state index is 12.9. The van der Waals surface area contributed by atoms with E-state index in [9.17, 15) is 4.79 Å². The molecule has 3 aromatic heterocycles. The number of imidazole rings is 1. The summed E-state index contributed by atoms with van der Waals surface area (Å²) in [6.07, 6.45) is 12.4. The fraction of sp³-hybridized carbons (Fsp3) is 0.316. The van der Waals surface area contributed by atoms with Crippen LogP contribution in [0.5, 0.6) is 0 Å². The van der Waals surface area contributed by atoms with Crippen LogP contribution in [-0.2, 0) is 0 Å². The van der Waals surface area contributed by atoms with Crippen LogP contribution in [-0.4, -0.2) is 48.4 Å². The Kier molecular flexibility index (Phi) is 4.43. The molecule has 3 aromatic rings. The Bertz CT molecular complexity index is 891. The number of amides is 1. The van der Waals surface area contributed by atoms with E-state index < -0.39 is 0 Å². The summed E-state index contributed by atoms with van der Waals surface area (Å²) < 4.78 is 1.81. The molecule has 0 unspecified atom stereocenters. The lowest BCUT2D eigenvalue weighted by molar-refractivity contribution is 0.0705. The number of likely N-dealkylation sites (tertiary alicyclic amines) is 1. The van der Waals surface area contributed by atoms with Crippen molar-refractivity contribution in [3.8, 4) is 5.82 Å². The van der Waals surface area contributed by atoms with Crippen molar-refractivity contribution in [2.24, 2.45) is 0 Å². The van der Waals surface area contributed by atoms with E-state index in [2.05, 4.69) is 19.9 Å². The third-order valence-corrected chi connectivity index (χ3v) is 4.66. The van der Waals surface area contributed by atoms with Crippen molar-refractivity contribution in [1.82, 2.24) is 29.4 Å². The molecule has 1 aliphatic rings. The minimum atomic E-state index is 0.0139. The van der Waals surface area contributed by atoms with E-state index in [1.165, 1.54) is 0 Å². The molecule has 1 atom stereocenters. The maximum Gasteiger partial charge on any atom is 0.255 e. The number of piperidine rings is 1. The Labute approximate surface area is 151 Å². The van der Waals surface area contributed by atoms with Crippen LogP contribution < -0.4 is 0 Å². The summed E-state index contributed by atoms with van der Waals surface area (Å²) in [5.41, 5.74) is 2.48. The molecular formula is C19H20N6O. The first kappa shape index (κ1) is 16.4. The molecule has 0 bridgehead atoms. The highest BCUT2D eigenvalue weighted by Gasteiger charge is 2.26. The van der Waals surface area contributed by atoms with Crippen LogP contribution in [0.2, 0.25) is 0 Å². The topological polar surface area (TPSA) is 76.8 Å². The smallest absolute Gasteiger partial charge is 0.255 e. The molecule has 7 nitrogen and oxygen atoms in total. The summed E-state index contributed by atoms with van der Waals surface area (Å²) in [5.74, 6) is 0.990. The number of aromatic nitrogens is 5. The molecule has 0 aliphatic carbocycles. The predicted molar refractivity (Wildman–Crippen MR) is 96.0 cm³/mol. The second-order valence-corrected chi connectivity index (χ2v) is 6.55. The van der Waals surface area contributed by atoms with Crippen LogP contribution in [0, 0.1) is 6.92 Å². The molecule has 4 rings (SSSR count). The highest BCUT2D eigenvalue weighted by Crippen LogP contribution is 2.26. The number of pyridine rings is 1. The summed E-state index contributed by atoms with van der Waals surface area (Å²) in [6, 6.07) is 3.66. The second kappa shape index (κ2) is 7.03. The van der Waals surface area contributed by atoms with Crippen LogP contribution >= 0.6 is 0 Å². The lowest BCUT2D eigenvalue weighted by atomic mass is 9.94. The molecule has 1 aliphatic heterocycles. The van der Waals surface area contributed by atoms with E-state index in [1.54, 1.807) is 24.9 Å². The summed E-state index contributed by atoms with van der Waals surface area (Å²) >= 11 is 0. The minimum Gasteiger partial charge on any atom is -0.338 e. The van der Waals surface area contributed by atoms with E-state index in [4.69, 9.17) is 0 Å². The highest BCUT2D eigenvalue weighted by atomic mass is 16.2. The zero-order chi connectivity index (χ0) is 17.9. The number of aryl methyl sites for hydroxylation is 1. The van der Waals surface area contributed by atoms with Crippen molar-refractivity contribution < 1.29 is 4.79 Å². The van der Waals surface area contributed by atoms with E-state index in [1.807, 2.05) is 40.9 Å². The van der Waals surface area contributed by atoms with Crippen LogP contribution in [0.25, 0.3) is 5.82 Å². The Morgan fingerprint density at radius 3 is 2.85 bits per heavy atom. The molecule has 26 heavy (non-hydrogen) atoms. The first-order valence-electron chi connectivity index (χ1n) is 8.73. The van der Waals surface area contributed by atoms with Crippen molar-refractivity contribution >= 4 is 5.91 Å². The van der Waals surface area contributed by atoms with Crippen molar-refractivity contribution in [2.75, 3.05) is 13.1 Å². The normalized spacial score (nSPS) is 17.3. The number of carbonyl (C=O) groups excluding carboxylic acids is 1. The van der Waals surface area contributed by atoms with Crippen LogP contribution in [0.15, 0.2) is 49.4 Å². The van der Waals surface area contributed by atoms with Gasteiger partial charge in [-0.3, -0.25) is 19.3 Å². The van der Waals surface area contributed by atoms with Gasteiger partial charge in [-0.25, -0.2) is 9.97 Å². The van der Waals surface area contributed by atoms with Crippen molar-refractivity contribution in [3.05, 3.63) is 66.4 Å². The predicted octanol–water partition coefficient (Wildman–Crippen LogP) is 2.39. The van der Waals surface area contributed by atoms with Gasteiger partial charge < -0.3 is 4.90 Å². The standard InChI is InChI=1S/C19H20N6O/c1-14-9-21-11-17(23-14)16-3-2-7-24(12-16)19(26)15-4-5-18(22-10-15)25-8-6-20-13-25/h4-6,8-11,13,16H,2-3,7,12H2,1H3/t16-/m1/s1. The van der Waals surface area contributed by atoms with Crippen LogP contribution in [0.3, 0.4) is 0 Å². The van der Waals surface area contributed by atoms with Crippen LogP contribution in [0.4, 0.5) is 0 Å². The minimum absolute atomic E-state index is 0.0139. The quantitative estimate of drug-likeness (QED) is 0.726. The Morgan fingerprint density at radius 1 is 1.19 bits per heavy atom.